The Balaban J connectivity index is 1.91. The standard InChI is InChI=1S/C17H21NO4S/c1-12-9-15(21-3)10-13(2)17(12)23(19,20)18-7-6-14(11-18)16-5-4-8-22-16/h4-5,8-10,14H,6-7,11H2,1-3H3. The van der Waals surface area contributed by atoms with Crippen LogP contribution in [0.3, 0.4) is 0 Å². The van der Waals surface area contributed by atoms with E-state index in [1.54, 1.807) is 29.8 Å². The number of hydrogen-bond donors (Lipinski definition) is 0. The quantitative estimate of drug-likeness (QED) is 0.861. The van der Waals surface area contributed by atoms with Gasteiger partial charge < -0.3 is 9.15 Å². The van der Waals surface area contributed by atoms with E-state index in [9.17, 15) is 8.42 Å². The van der Waals surface area contributed by atoms with Crippen LogP contribution in [0.4, 0.5) is 0 Å². The third kappa shape index (κ3) is 2.88. The minimum absolute atomic E-state index is 0.124. The lowest BCUT2D eigenvalue weighted by Crippen LogP contribution is -2.29. The number of furan rings is 1. The predicted molar refractivity (Wildman–Crippen MR) is 87.3 cm³/mol. The maximum atomic E-state index is 13.0. The molecular weight excluding hydrogens is 314 g/mol. The zero-order chi connectivity index (χ0) is 16.6. The van der Waals surface area contributed by atoms with Gasteiger partial charge >= 0.3 is 0 Å². The zero-order valence-electron chi connectivity index (χ0n) is 13.6. The Morgan fingerprint density at radius 1 is 1.26 bits per heavy atom. The molecule has 1 fully saturated rings. The monoisotopic (exact) mass is 335 g/mol. The van der Waals surface area contributed by atoms with E-state index in [-0.39, 0.29) is 5.92 Å². The molecule has 0 radical (unpaired) electrons. The summed E-state index contributed by atoms with van der Waals surface area (Å²) >= 11 is 0. The van der Waals surface area contributed by atoms with Gasteiger partial charge in [0, 0.05) is 19.0 Å². The average Bonchev–Trinajstić information content (AvgIpc) is 3.17. The number of ether oxygens (including phenoxy) is 1. The molecule has 0 N–H and O–H groups in total. The first-order chi connectivity index (χ1) is 10.9. The third-order valence-electron chi connectivity index (χ3n) is 4.36. The Morgan fingerprint density at radius 3 is 2.52 bits per heavy atom. The largest absolute Gasteiger partial charge is 0.497 e. The van der Waals surface area contributed by atoms with Crippen LogP contribution in [-0.4, -0.2) is 32.9 Å². The van der Waals surface area contributed by atoms with Gasteiger partial charge in [-0.25, -0.2) is 8.42 Å². The molecule has 1 unspecified atom stereocenters. The number of methoxy groups -OCH3 is 1. The van der Waals surface area contributed by atoms with Crippen molar-refractivity contribution in [2.75, 3.05) is 20.2 Å². The van der Waals surface area contributed by atoms with E-state index in [2.05, 4.69) is 0 Å². The van der Waals surface area contributed by atoms with Gasteiger partial charge in [0.25, 0.3) is 0 Å². The fourth-order valence-electron chi connectivity index (χ4n) is 3.27. The molecule has 1 saturated heterocycles. The summed E-state index contributed by atoms with van der Waals surface area (Å²) in [6, 6.07) is 7.27. The molecule has 23 heavy (non-hydrogen) atoms. The number of aryl methyl sites for hydroxylation is 2. The minimum atomic E-state index is -3.51. The first-order valence-corrected chi connectivity index (χ1v) is 9.06. The lowest BCUT2D eigenvalue weighted by Gasteiger charge is -2.20. The maximum absolute atomic E-state index is 13.0. The van der Waals surface area contributed by atoms with Crippen LogP contribution < -0.4 is 4.74 Å². The molecule has 1 aromatic carbocycles. The summed E-state index contributed by atoms with van der Waals surface area (Å²) in [7, 11) is -1.93. The molecule has 3 rings (SSSR count). The van der Waals surface area contributed by atoms with E-state index in [0.717, 1.165) is 12.2 Å². The van der Waals surface area contributed by atoms with Gasteiger partial charge in [-0.3, -0.25) is 0 Å². The molecule has 0 amide bonds. The summed E-state index contributed by atoms with van der Waals surface area (Å²) in [6.07, 6.45) is 2.41. The van der Waals surface area contributed by atoms with E-state index in [4.69, 9.17) is 9.15 Å². The molecular formula is C17H21NO4S. The SMILES string of the molecule is COc1cc(C)c(S(=O)(=O)N2CCC(c3ccco3)C2)c(C)c1. The topological polar surface area (TPSA) is 59.8 Å². The predicted octanol–water partition coefficient (Wildman–Crippen LogP) is 3.08. The molecule has 5 nitrogen and oxygen atoms in total. The Kier molecular flexibility index (Phi) is 4.21. The van der Waals surface area contributed by atoms with Crippen LogP contribution in [-0.2, 0) is 10.0 Å². The highest BCUT2D eigenvalue weighted by atomic mass is 32.2. The molecule has 2 aromatic rings. The molecule has 1 aliphatic rings. The van der Waals surface area contributed by atoms with E-state index in [1.807, 2.05) is 26.0 Å². The Morgan fingerprint density at radius 2 is 1.96 bits per heavy atom. The number of hydrogen-bond acceptors (Lipinski definition) is 4. The summed E-state index contributed by atoms with van der Waals surface area (Å²) in [6.45, 7) is 4.59. The summed E-state index contributed by atoms with van der Waals surface area (Å²) < 4.78 is 38.3. The van der Waals surface area contributed by atoms with Gasteiger partial charge in [0.2, 0.25) is 10.0 Å². The lowest BCUT2D eigenvalue weighted by molar-refractivity contribution is 0.413. The van der Waals surface area contributed by atoms with Gasteiger partial charge in [-0.05, 0) is 55.7 Å². The lowest BCUT2D eigenvalue weighted by atomic mass is 10.1. The van der Waals surface area contributed by atoms with Crippen molar-refractivity contribution < 1.29 is 17.6 Å². The Labute approximate surface area is 136 Å². The van der Waals surface area contributed by atoms with E-state index < -0.39 is 10.0 Å². The van der Waals surface area contributed by atoms with Crippen molar-refractivity contribution in [3.05, 3.63) is 47.4 Å². The molecule has 0 spiro atoms. The zero-order valence-corrected chi connectivity index (χ0v) is 14.4. The molecule has 124 valence electrons. The summed E-state index contributed by atoms with van der Waals surface area (Å²) in [4.78, 5) is 0.387. The molecule has 0 saturated carbocycles. The number of sulfonamides is 1. The number of nitrogens with zero attached hydrogens (tertiary/aromatic N) is 1. The van der Waals surface area contributed by atoms with Gasteiger partial charge in [0.05, 0.1) is 18.3 Å². The first-order valence-electron chi connectivity index (χ1n) is 7.62. The second-order valence-electron chi connectivity index (χ2n) is 5.95. The van der Waals surface area contributed by atoms with Crippen molar-refractivity contribution in [3.8, 4) is 5.75 Å². The van der Waals surface area contributed by atoms with Gasteiger partial charge in [-0.1, -0.05) is 0 Å². The smallest absolute Gasteiger partial charge is 0.243 e. The van der Waals surface area contributed by atoms with E-state index >= 15 is 0 Å². The highest BCUT2D eigenvalue weighted by Crippen LogP contribution is 2.34. The first kappa shape index (κ1) is 16.1. The fourth-order valence-corrected chi connectivity index (χ4v) is 5.18. The number of benzene rings is 1. The van der Waals surface area contributed by atoms with Crippen LogP contribution in [0.15, 0.2) is 39.8 Å². The minimum Gasteiger partial charge on any atom is -0.497 e. The molecule has 0 bridgehead atoms. The second-order valence-corrected chi connectivity index (χ2v) is 7.83. The van der Waals surface area contributed by atoms with Crippen LogP contribution in [0.1, 0.15) is 29.2 Å². The third-order valence-corrected chi connectivity index (χ3v) is 6.54. The highest BCUT2D eigenvalue weighted by molar-refractivity contribution is 7.89. The molecule has 2 heterocycles. The van der Waals surface area contributed by atoms with E-state index in [0.29, 0.717) is 34.9 Å². The van der Waals surface area contributed by atoms with E-state index in [1.165, 1.54) is 0 Å². The van der Waals surface area contributed by atoms with Crippen LogP contribution in [0, 0.1) is 13.8 Å². The van der Waals surface area contributed by atoms with Crippen LogP contribution in [0.25, 0.3) is 0 Å². The summed E-state index contributed by atoms with van der Waals surface area (Å²) in [5.41, 5.74) is 1.42. The van der Waals surface area contributed by atoms with Gasteiger partial charge in [0.15, 0.2) is 0 Å². The Hall–Kier alpha value is -1.79. The van der Waals surface area contributed by atoms with Gasteiger partial charge in [0.1, 0.15) is 11.5 Å². The maximum Gasteiger partial charge on any atom is 0.243 e. The molecule has 1 aromatic heterocycles. The van der Waals surface area contributed by atoms with Crippen LogP contribution >= 0.6 is 0 Å². The summed E-state index contributed by atoms with van der Waals surface area (Å²) in [5, 5.41) is 0. The molecule has 0 aliphatic carbocycles. The highest BCUT2D eigenvalue weighted by Gasteiger charge is 2.35. The fraction of sp³-hybridized carbons (Fsp3) is 0.412. The van der Waals surface area contributed by atoms with Crippen molar-refractivity contribution in [2.24, 2.45) is 0 Å². The average molecular weight is 335 g/mol. The summed E-state index contributed by atoms with van der Waals surface area (Å²) in [5.74, 6) is 1.65. The van der Waals surface area contributed by atoms with Crippen molar-refractivity contribution in [2.45, 2.75) is 31.1 Å². The van der Waals surface area contributed by atoms with Crippen LogP contribution in [0.5, 0.6) is 5.75 Å². The van der Waals surface area contributed by atoms with Crippen molar-refractivity contribution in [1.82, 2.24) is 4.31 Å². The molecule has 6 heteroatoms. The van der Waals surface area contributed by atoms with Crippen molar-refractivity contribution >= 4 is 10.0 Å². The van der Waals surface area contributed by atoms with Crippen LogP contribution in [0.2, 0.25) is 0 Å². The van der Waals surface area contributed by atoms with Crippen molar-refractivity contribution in [3.63, 3.8) is 0 Å². The second kappa shape index (κ2) is 6.02. The van der Waals surface area contributed by atoms with Gasteiger partial charge in [-0.15, -0.1) is 0 Å². The molecule has 1 atom stereocenters. The van der Waals surface area contributed by atoms with Crippen molar-refractivity contribution in [1.29, 1.82) is 0 Å². The number of rotatable bonds is 4. The Bertz CT molecular complexity index is 773. The molecule has 1 aliphatic heterocycles. The van der Waals surface area contributed by atoms with Gasteiger partial charge in [-0.2, -0.15) is 4.31 Å². The normalized spacial score (nSPS) is 19.2.